The van der Waals surface area contributed by atoms with E-state index in [0.717, 1.165) is 22.5 Å². The first-order chi connectivity index (χ1) is 12.4. The van der Waals surface area contributed by atoms with Crippen molar-refractivity contribution in [1.82, 2.24) is 24.7 Å². The zero-order chi connectivity index (χ0) is 18.8. The molecule has 10 heteroatoms. The van der Waals surface area contributed by atoms with Crippen molar-refractivity contribution in [2.24, 2.45) is 0 Å². The molecule has 26 heavy (non-hydrogen) atoms. The van der Waals surface area contributed by atoms with E-state index in [-0.39, 0.29) is 16.8 Å². The Morgan fingerprint density at radius 2 is 2.15 bits per heavy atom. The SMILES string of the molecule is CC(C)N(C(=O)n1nnn(-c2ccc(F)cc2Cl)c1=O)C1=CCOCC1. The number of hydrogen-bond donors (Lipinski definition) is 0. The van der Waals surface area contributed by atoms with Crippen molar-refractivity contribution in [2.75, 3.05) is 13.2 Å². The number of carbonyl (C=O) groups excluding carboxylic acids is 1. The molecule has 2 heterocycles. The summed E-state index contributed by atoms with van der Waals surface area (Å²) in [6, 6.07) is 2.67. The normalized spacial score (nSPS) is 14.4. The molecule has 1 aromatic heterocycles. The summed E-state index contributed by atoms with van der Waals surface area (Å²) in [5, 5.41) is 7.36. The van der Waals surface area contributed by atoms with Crippen molar-refractivity contribution >= 4 is 17.6 Å². The molecule has 0 unspecified atom stereocenters. The number of halogens is 2. The molecule has 1 amide bonds. The van der Waals surface area contributed by atoms with Gasteiger partial charge in [0, 0.05) is 18.2 Å². The van der Waals surface area contributed by atoms with E-state index in [9.17, 15) is 14.0 Å². The average Bonchev–Trinajstić information content (AvgIpc) is 2.97. The quantitative estimate of drug-likeness (QED) is 0.761. The van der Waals surface area contributed by atoms with Crippen molar-refractivity contribution in [3.8, 4) is 5.69 Å². The van der Waals surface area contributed by atoms with Gasteiger partial charge in [-0.15, -0.1) is 4.68 Å². The average molecular weight is 382 g/mol. The Morgan fingerprint density at radius 3 is 2.77 bits per heavy atom. The molecule has 3 rings (SSSR count). The Bertz CT molecular complexity index is 921. The molecule has 0 aliphatic carbocycles. The van der Waals surface area contributed by atoms with Crippen LogP contribution in [0, 0.1) is 5.82 Å². The Hall–Kier alpha value is -2.52. The summed E-state index contributed by atoms with van der Waals surface area (Å²) in [5.41, 5.74) is 0.109. The van der Waals surface area contributed by atoms with E-state index in [0.29, 0.717) is 24.3 Å². The zero-order valence-corrected chi connectivity index (χ0v) is 15.0. The van der Waals surface area contributed by atoms with Gasteiger partial charge in [-0.3, -0.25) is 4.90 Å². The zero-order valence-electron chi connectivity index (χ0n) is 14.2. The molecule has 138 valence electrons. The number of amides is 1. The second-order valence-corrected chi connectivity index (χ2v) is 6.35. The predicted molar refractivity (Wildman–Crippen MR) is 91.9 cm³/mol. The van der Waals surface area contributed by atoms with Crippen molar-refractivity contribution in [2.45, 2.75) is 26.3 Å². The fourth-order valence-electron chi connectivity index (χ4n) is 2.68. The van der Waals surface area contributed by atoms with Crippen LogP contribution < -0.4 is 5.69 Å². The van der Waals surface area contributed by atoms with E-state index in [1.54, 1.807) is 6.08 Å². The maximum atomic E-state index is 13.2. The summed E-state index contributed by atoms with van der Waals surface area (Å²) in [6.45, 7) is 4.56. The molecule has 2 aromatic rings. The van der Waals surface area contributed by atoms with Gasteiger partial charge >= 0.3 is 11.7 Å². The Balaban J connectivity index is 1.99. The van der Waals surface area contributed by atoms with Crippen LogP contribution in [0.5, 0.6) is 0 Å². The fraction of sp³-hybridized carbons (Fsp3) is 0.375. The predicted octanol–water partition coefficient (Wildman–Crippen LogP) is 2.20. The number of hydrogen-bond acceptors (Lipinski definition) is 5. The van der Waals surface area contributed by atoms with Crippen molar-refractivity contribution in [3.63, 3.8) is 0 Å². The summed E-state index contributed by atoms with van der Waals surface area (Å²) >= 11 is 5.96. The molecular weight excluding hydrogens is 365 g/mol. The summed E-state index contributed by atoms with van der Waals surface area (Å²) in [5.74, 6) is -0.548. The van der Waals surface area contributed by atoms with E-state index < -0.39 is 17.5 Å². The number of carbonyl (C=O) groups is 1. The van der Waals surface area contributed by atoms with E-state index in [1.165, 1.54) is 11.0 Å². The van der Waals surface area contributed by atoms with Crippen LogP contribution in [-0.4, -0.2) is 50.0 Å². The Kier molecular flexibility index (Phi) is 5.19. The van der Waals surface area contributed by atoms with Gasteiger partial charge in [-0.2, -0.15) is 4.68 Å². The van der Waals surface area contributed by atoms with Crippen LogP contribution in [0.25, 0.3) is 5.69 Å². The van der Waals surface area contributed by atoms with Crippen molar-refractivity contribution in [1.29, 1.82) is 0 Å². The van der Waals surface area contributed by atoms with Gasteiger partial charge in [0.05, 0.1) is 23.9 Å². The van der Waals surface area contributed by atoms with Gasteiger partial charge in [0.15, 0.2) is 0 Å². The van der Waals surface area contributed by atoms with E-state index in [2.05, 4.69) is 10.4 Å². The van der Waals surface area contributed by atoms with Crippen LogP contribution in [-0.2, 0) is 4.74 Å². The first kappa shape index (κ1) is 18.3. The van der Waals surface area contributed by atoms with E-state index >= 15 is 0 Å². The van der Waals surface area contributed by atoms with Crippen LogP contribution in [0.4, 0.5) is 9.18 Å². The van der Waals surface area contributed by atoms with Crippen molar-refractivity contribution in [3.05, 3.63) is 51.3 Å². The lowest BCUT2D eigenvalue weighted by Crippen LogP contribution is -2.44. The minimum absolute atomic E-state index is 0.0144. The highest BCUT2D eigenvalue weighted by molar-refractivity contribution is 6.32. The van der Waals surface area contributed by atoms with Crippen LogP contribution in [0.15, 0.2) is 34.8 Å². The topological polar surface area (TPSA) is 82.3 Å². The number of nitrogens with zero attached hydrogens (tertiary/aromatic N) is 5. The molecular formula is C16H17ClFN5O3. The van der Waals surface area contributed by atoms with Crippen LogP contribution >= 0.6 is 11.6 Å². The number of tetrazole rings is 1. The summed E-state index contributed by atoms with van der Waals surface area (Å²) < 4.78 is 20.0. The van der Waals surface area contributed by atoms with Gasteiger partial charge in [-0.25, -0.2) is 14.0 Å². The van der Waals surface area contributed by atoms with Gasteiger partial charge in [0.25, 0.3) is 0 Å². The van der Waals surface area contributed by atoms with E-state index in [4.69, 9.17) is 16.3 Å². The molecule has 0 fully saturated rings. The smallest absolute Gasteiger partial charge is 0.377 e. The van der Waals surface area contributed by atoms with Gasteiger partial charge < -0.3 is 4.74 Å². The molecule has 0 spiro atoms. The third-order valence-electron chi connectivity index (χ3n) is 3.87. The summed E-state index contributed by atoms with van der Waals surface area (Å²) in [7, 11) is 0. The summed E-state index contributed by atoms with van der Waals surface area (Å²) in [6.07, 6.45) is 2.35. The lowest BCUT2D eigenvalue weighted by Gasteiger charge is -2.30. The maximum Gasteiger partial charge on any atom is 0.377 e. The van der Waals surface area contributed by atoms with Crippen LogP contribution in [0.2, 0.25) is 5.02 Å². The molecule has 0 bridgehead atoms. The standard InChI is InChI=1S/C16H17ClFN5O3/c1-10(2)21(12-5-7-26-8-6-12)15(24)23-16(25)22(19-20-23)14-4-3-11(18)9-13(14)17/h3-5,9-10H,6-8H2,1-2H3. The van der Waals surface area contributed by atoms with Crippen molar-refractivity contribution < 1.29 is 13.9 Å². The number of ether oxygens (including phenoxy) is 1. The van der Waals surface area contributed by atoms with Gasteiger partial charge in [0.2, 0.25) is 0 Å². The maximum absolute atomic E-state index is 13.2. The largest absolute Gasteiger partial charge is 0.377 e. The molecule has 8 nitrogen and oxygen atoms in total. The van der Waals surface area contributed by atoms with Gasteiger partial charge in [0.1, 0.15) is 5.82 Å². The van der Waals surface area contributed by atoms with Gasteiger partial charge in [-0.05, 0) is 48.5 Å². The molecule has 1 aliphatic heterocycles. The lowest BCUT2D eigenvalue weighted by molar-refractivity contribution is 0.136. The fourth-order valence-corrected chi connectivity index (χ4v) is 2.93. The summed E-state index contributed by atoms with van der Waals surface area (Å²) in [4.78, 5) is 27.0. The van der Waals surface area contributed by atoms with Crippen LogP contribution in [0.1, 0.15) is 20.3 Å². The number of aromatic nitrogens is 4. The molecule has 1 aliphatic rings. The highest BCUT2D eigenvalue weighted by Gasteiger charge is 2.27. The minimum atomic E-state index is -0.790. The molecule has 0 N–H and O–H groups in total. The molecule has 0 saturated carbocycles. The Labute approximate surface area is 153 Å². The minimum Gasteiger partial charge on any atom is -0.377 e. The highest BCUT2D eigenvalue weighted by atomic mass is 35.5. The molecule has 1 aromatic carbocycles. The first-order valence-electron chi connectivity index (χ1n) is 8.01. The highest BCUT2D eigenvalue weighted by Crippen LogP contribution is 2.20. The Morgan fingerprint density at radius 1 is 1.38 bits per heavy atom. The number of benzene rings is 1. The monoisotopic (exact) mass is 381 g/mol. The van der Waals surface area contributed by atoms with Crippen LogP contribution in [0.3, 0.4) is 0 Å². The van der Waals surface area contributed by atoms with Gasteiger partial charge in [-0.1, -0.05) is 11.6 Å². The second kappa shape index (κ2) is 7.38. The third-order valence-corrected chi connectivity index (χ3v) is 4.17. The number of rotatable bonds is 3. The van der Waals surface area contributed by atoms with E-state index in [1.807, 2.05) is 13.8 Å². The third kappa shape index (κ3) is 3.40. The molecule has 0 atom stereocenters. The first-order valence-corrected chi connectivity index (χ1v) is 8.38. The molecule has 0 radical (unpaired) electrons. The molecule has 0 saturated heterocycles. The lowest BCUT2D eigenvalue weighted by atomic mass is 10.2. The second-order valence-electron chi connectivity index (χ2n) is 5.95.